The van der Waals surface area contributed by atoms with E-state index in [2.05, 4.69) is 0 Å². The Balaban J connectivity index is 3.37. The summed E-state index contributed by atoms with van der Waals surface area (Å²) in [6.45, 7) is 0. The zero-order valence-corrected chi connectivity index (χ0v) is 7.85. The number of halogens is 9. The average Bonchev–Trinajstić information content (AvgIpc) is 2.13. The Labute approximate surface area is 93.3 Å². The van der Waals surface area contributed by atoms with Crippen LogP contribution in [0.2, 0.25) is 0 Å². The van der Waals surface area contributed by atoms with Crippen LogP contribution in [0.15, 0.2) is 11.3 Å². The summed E-state index contributed by atoms with van der Waals surface area (Å²) in [5.41, 5.74) is -7.11. The lowest BCUT2D eigenvalue weighted by molar-refractivity contribution is -0.101. The number of hydrogen-bond acceptors (Lipinski definition) is 1. The van der Waals surface area contributed by atoms with Crippen LogP contribution < -0.4 is 4.99 Å². The number of alkyl halides is 9. The molecule has 0 N–H and O–H groups in total. The van der Waals surface area contributed by atoms with Crippen molar-refractivity contribution in [3.8, 4) is 0 Å². The Kier molecular flexibility index (Phi) is 3.26. The summed E-state index contributed by atoms with van der Waals surface area (Å²) in [4.78, 5) is 2.03. The molecule has 0 saturated carbocycles. The van der Waals surface area contributed by atoms with Gasteiger partial charge in [0.15, 0.2) is 0 Å². The van der Waals surface area contributed by atoms with E-state index in [1.54, 1.807) is 0 Å². The summed E-state index contributed by atoms with van der Waals surface area (Å²) in [7, 11) is 0. The fourth-order valence-corrected chi connectivity index (χ4v) is 0.846. The lowest BCUT2D eigenvalue weighted by Gasteiger charge is -2.09. The van der Waals surface area contributed by atoms with Gasteiger partial charge in [0.2, 0.25) is 0 Å². The van der Waals surface area contributed by atoms with Crippen molar-refractivity contribution >= 4 is 5.71 Å². The molecule has 1 nitrogen and oxygen atoms in total. The Morgan fingerprint density at radius 2 is 1.17 bits per heavy atom. The van der Waals surface area contributed by atoms with Gasteiger partial charge in [-0.2, -0.15) is 39.5 Å². The lowest BCUT2D eigenvalue weighted by Crippen LogP contribution is -2.34. The highest BCUT2D eigenvalue weighted by molar-refractivity contribution is 5.97. The summed E-state index contributed by atoms with van der Waals surface area (Å²) in [5, 5.41) is 0. The molecule has 1 aliphatic heterocycles. The first-order valence-corrected chi connectivity index (χ1v) is 3.90. The Morgan fingerprint density at radius 3 is 1.50 bits per heavy atom. The molecule has 1 heterocycles. The SMILES string of the molecule is FC(F)(F)C1=[C]C(C(F)(F)F)=[N+]C(C(F)(F)F)=[C]1. The van der Waals surface area contributed by atoms with E-state index in [0.717, 1.165) is 12.2 Å². The molecule has 0 saturated heterocycles. The first-order valence-electron chi connectivity index (χ1n) is 3.90. The van der Waals surface area contributed by atoms with Gasteiger partial charge in [0.25, 0.3) is 0 Å². The van der Waals surface area contributed by atoms with Crippen molar-refractivity contribution in [2.45, 2.75) is 18.5 Å². The molecule has 0 aliphatic carbocycles. The summed E-state index contributed by atoms with van der Waals surface area (Å²) in [5.74, 6) is 0. The topological polar surface area (TPSA) is 14.1 Å². The first-order chi connectivity index (χ1) is 7.82. The Hall–Kier alpha value is -1.48. The molecule has 0 unspecified atom stereocenters. The van der Waals surface area contributed by atoms with Gasteiger partial charge < -0.3 is 0 Å². The Morgan fingerprint density at radius 1 is 0.667 bits per heavy atom. The van der Waals surface area contributed by atoms with E-state index in [0.29, 0.717) is 0 Å². The molecule has 10 heteroatoms. The molecule has 1 aliphatic rings. The summed E-state index contributed by atoms with van der Waals surface area (Å²) in [6, 6.07) is 0. The lowest BCUT2D eigenvalue weighted by atomic mass is 10.1. The van der Waals surface area contributed by atoms with E-state index in [1.165, 1.54) is 0 Å². The van der Waals surface area contributed by atoms with Crippen LogP contribution in [0.25, 0.3) is 0 Å². The second kappa shape index (κ2) is 4.02. The second-order valence-corrected chi connectivity index (χ2v) is 2.93. The fourth-order valence-electron chi connectivity index (χ4n) is 0.846. The van der Waals surface area contributed by atoms with Gasteiger partial charge >= 0.3 is 29.9 Å². The molecule has 99 valence electrons. The molecule has 3 radical (unpaired) electrons. The van der Waals surface area contributed by atoms with Crippen molar-refractivity contribution in [3.05, 3.63) is 23.4 Å². The number of hydrogen-bond donors (Lipinski definition) is 0. The van der Waals surface area contributed by atoms with Crippen LogP contribution in [0.1, 0.15) is 0 Å². The third-order valence-electron chi connectivity index (χ3n) is 1.53. The van der Waals surface area contributed by atoms with Crippen LogP contribution in [0.3, 0.4) is 0 Å². The normalized spacial score (nSPS) is 18.2. The van der Waals surface area contributed by atoms with Crippen molar-refractivity contribution in [1.82, 2.24) is 4.99 Å². The second-order valence-electron chi connectivity index (χ2n) is 2.93. The molecule has 1 rings (SSSR count). The maximum atomic E-state index is 12.1. The van der Waals surface area contributed by atoms with E-state index in [4.69, 9.17) is 0 Å². The molecule has 0 atom stereocenters. The molecule has 0 aromatic rings. The van der Waals surface area contributed by atoms with Gasteiger partial charge in [-0.25, -0.2) is 0 Å². The van der Waals surface area contributed by atoms with Gasteiger partial charge in [-0.3, -0.25) is 0 Å². The highest BCUT2D eigenvalue weighted by Crippen LogP contribution is 2.34. The number of rotatable bonds is 0. The van der Waals surface area contributed by atoms with Gasteiger partial charge in [-0.1, -0.05) is 0 Å². The van der Waals surface area contributed by atoms with E-state index < -0.39 is 35.5 Å². The monoisotopic (exact) mass is 281 g/mol. The largest absolute Gasteiger partial charge is 0.485 e. The third-order valence-corrected chi connectivity index (χ3v) is 1.53. The first kappa shape index (κ1) is 14.6. The molecular weight excluding hydrogens is 281 g/mol. The molecule has 0 aromatic carbocycles. The molecule has 0 bridgehead atoms. The zero-order chi connectivity index (χ0) is 14.4. The van der Waals surface area contributed by atoms with E-state index in [9.17, 15) is 39.5 Å². The number of aliphatic imine (C=N–C) groups is 1. The minimum atomic E-state index is -5.48. The van der Waals surface area contributed by atoms with Gasteiger partial charge in [0, 0.05) is 0 Å². The summed E-state index contributed by atoms with van der Waals surface area (Å²) in [6.07, 6.45) is -15.0. The van der Waals surface area contributed by atoms with Gasteiger partial charge in [-0.05, 0) is 0 Å². The zero-order valence-electron chi connectivity index (χ0n) is 7.85. The van der Waals surface area contributed by atoms with Crippen LogP contribution in [0, 0.1) is 12.2 Å². The van der Waals surface area contributed by atoms with Crippen molar-refractivity contribution in [1.29, 1.82) is 0 Å². The molecule has 0 fully saturated rings. The summed E-state index contributed by atoms with van der Waals surface area (Å²) >= 11 is 0. The van der Waals surface area contributed by atoms with Crippen LogP contribution in [-0.2, 0) is 0 Å². The van der Waals surface area contributed by atoms with Gasteiger partial charge in [0.1, 0.15) is 0 Å². The van der Waals surface area contributed by atoms with Crippen LogP contribution in [0.4, 0.5) is 39.5 Å². The molecule has 0 amide bonds. The smallest absolute Gasteiger partial charge is 0.166 e. The van der Waals surface area contributed by atoms with Gasteiger partial charge in [0.05, 0.1) is 22.7 Å². The van der Waals surface area contributed by atoms with Crippen molar-refractivity contribution in [2.24, 2.45) is 0 Å². The minimum Gasteiger partial charge on any atom is -0.166 e. The van der Waals surface area contributed by atoms with Crippen molar-refractivity contribution < 1.29 is 39.5 Å². The van der Waals surface area contributed by atoms with Crippen LogP contribution in [0.5, 0.6) is 0 Å². The fraction of sp³-hybridized carbons (Fsp3) is 0.375. The quantitative estimate of drug-likeness (QED) is 0.606. The van der Waals surface area contributed by atoms with E-state index in [-0.39, 0.29) is 0 Å². The number of nitrogens with zero attached hydrogens (tertiary/aromatic N) is 1. The third kappa shape index (κ3) is 3.26. The van der Waals surface area contributed by atoms with Gasteiger partial charge in [-0.15, -0.1) is 0 Å². The maximum absolute atomic E-state index is 12.1. The standard InChI is InChI=1S/C8F9N/c9-6(10,11)3-1-4(7(12,13)14)18-5(2-3)8(15,16)17/q+1. The van der Waals surface area contributed by atoms with Crippen molar-refractivity contribution in [3.63, 3.8) is 0 Å². The minimum absolute atomic E-state index is 0.720. The van der Waals surface area contributed by atoms with Crippen LogP contribution >= 0.6 is 0 Å². The van der Waals surface area contributed by atoms with Crippen LogP contribution in [-0.4, -0.2) is 24.2 Å². The predicted octanol–water partition coefficient (Wildman–Crippen LogP) is 2.88. The van der Waals surface area contributed by atoms with E-state index in [1.807, 2.05) is 4.99 Å². The highest BCUT2D eigenvalue weighted by atomic mass is 19.4. The highest BCUT2D eigenvalue weighted by Gasteiger charge is 2.55. The summed E-state index contributed by atoms with van der Waals surface area (Å²) < 4.78 is 109. The Bertz CT molecular complexity index is 354. The number of allylic oxidation sites excluding steroid dienone is 4. The van der Waals surface area contributed by atoms with Crippen molar-refractivity contribution in [2.75, 3.05) is 0 Å². The molecular formula is C8F9N+. The average molecular weight is 281 g/mol. The molecule has 0 aromatic heterocycles. The maximum Gasteiger partial charge on any atom is 0.485 e. The molecule has 0 spiro atoms. The van der Waals surface area contributed by atoms with E-state index >= 15 is 0 Å². The predicted molar refractivity (Wildman–Crippen MR) is 38.8 cm³/mol. The molecule has 18 heavy (non-hydrogen) atoms.